The number of anilines is 1. The fourth-order valence-corrected chi connectivity index (χ4v) is 7.59. The van der Waals surface area contributed by atoms with Gasteiger partial charge in [-0.05, 0) is 50.5 Å². The van der Waals surface area contributed by atoms with Crippen molar-refractivity contribution in [3.63, 3.8) is 0 Å². The van der Waals surface area contributed by atoms with Crippen LogP contribution in [0.25, 0.3) is 0 Å². The van der Waals surface area contributed by atoms with Crippen LogP contribution >= 0.6 is 15.9 Å². The van der Waals surface area contributed by atoms with Gasteiger partial charge in [-0.25, -0.2) is 0 Å². The highest BCUT2D eigenvalue weighted by Crippen LogP contribution is 2.60. The summed E-state index contributed by atoms with van der Waals surface area (Å²) < 4.78 is 17.4. The third-order valence-corrected chi connectivity index (χ3v) is 9.26. The molecule has 1 spiro atoms. The second kappa shape index (κ2) is 12.7. The maximum Gasteiger partial charge on any atom is 0.245 e. The highest BCUT2D eigenvalue weighted by Gasteiger charge is 2.76. The Labute approximate surface area is 243 Å². The molecule has 3 amide bonds. The molecule has 0 aromatic heterocycles. The number of alkyl halides is 1. The molecular formula is C28H39BrN4O7. The molecule has 4 aliphatic rings. The Hall–Kier alpha value is -2.25. The molecule has 3 unspecified atom stereocenters. The van der Waals surface area contributed by atoms with Crippen LogP contribution in [0.3, 0.4) is 0 Å². The van der Waals surface area contributed by atoms with E-state index in [1.165, 1.54) is 0 Å². The molecule has 2 bridgehead atoms. The maximum absolute atomic E-state index is 14.0. The molecule has 12 heteroatoms. The Balaban J connectivity index is 1.35. The molecule has 4 fully saturated rings. The zero-order valence-electron chi connectivity index (χ0n) is 22.9. The van der Waals surface area contributed by atoms with Crippen LogP contribution < -0.4 is 15.4 Å². The number of hydrogen-bond donors (Lipinski definition) is 3. The van der Waals surface area contributed by atoms with E-state index in [2.05, 4.69) is 31.5 Å². The first kappa shape index (κ1) is 29.2. The number of benzene rings is 1. The number of halogens is 1. The molecule has 0 aliphatic carbocycles. The SMILES string of the molecule is CCOc1ccc(NC(=O)[C@H]2[C@H]3C(=O)N(CCCCO)C(C(=O)NCCN4CCOCC4)C34CC(Br)[C@@H]2O4)cc1. The van der Waals surface area contributed by atoms with Gasteiger partial charge in [0, 0.05) is 49.8 Å². The molecule has 4 heterocycles. The van der Waals surface area contributed by atoms with Crippen molar-refractivity contribution < 1.29 is 33.7 Å². The largest absolute Gasteiger partial charge is 0.494 e. The van der Waals surface area contributed by atoms with Gasteiger partial charge in [0.2, 0.25) is 17.7 Å². The van der Waals surface area contributed by atoms with Crippen molar-refractivity contribution in [3.8, 4) is 5.75 Å². The number of unbranched alkanes of at least 4 members (excludes halogenated alkanes) is 1. The summed E-state index contributed by atoms with van der Waals surface area (Å²) in [6.07, 6.45) is 0.991. The van der Waals surface area contributed by atoms with Gasteiger partial charge < -0.3 is 34.9 Å². The summed E-state index contributed by atoms with van der Waals surface area (Å²) in [4.78, 5) is 45.0. The average Bonchev–Trinajstić information content (AvgIpc) is 3.54. The van der Waals surface area contributed by atoms with E-state index < -0.39 is 29.6 Å². The second-order valence-corrected chi connectivity index (χ2v) is 12.0. The molecule has 4 aliphatic heterocycles. The van der Waals surface area contributed by atoms with Gasteiger partial charge in [-0.3, -0.25) is 19.3 Å². The number of fused-ring (bicyclic) bond motifs is 1. The molecule has 5 rings (SSSR count). The van der Waals surface area contributed by atoms with Gasteiger partial charge in [-0.2, -0.15) is 0 Å². The standard InChI is InChI=1S/C28H39BrN4O7/c1-2-39-19-7-5-18(6-8-19)31-25(35)21-22-27(37)33(10-3-4-14-34)24(28(22)17-20(29)23(21)40-28)26(36)30-9-11-32-12-15-38-16-13-32/h5-8,20-24,34H,2-4,9-17H2,1H3,(H,30,36)(H,31,35)/t20?,21-,22-,23-,24?,28?/m0/s1. The molecular weight excluding hydrogens is 584 g/mol. The quantitative estimate of drug-likeness (QED) is 0.232. The smallest absolute Gasteiger partial charge is 0.245 e. The van der Waals surface area contributed by atoms with E-state index in [0.717, 1.165) is 13.1 Å². The van der Waals surface area contributed by atoms with Crippen molar-refractivity contribution >= 4 is 39.3 Å². The van der Waals surface area contributed by atoms with Crippen LogP contribution in [0.5, 0.6) is 5.75 Å². The Morgan fingerprint density at radius 1 is 1.15 bits per heavy atom. The van der Waals surface area contributed by atoms with E-state index in [1.54, 1.807) is 29.2 Å². The van der Waals surface area contributed by atoms with Crippen LogP contribution in [0.4, 0.5) is 5.69 Å². The number of amides is 3. The van der Waals surface area contributed by atoms with Gasteiger partial charge in [0.1, 0.15) is 17.4 Å². The number of carbonyl (C=O) groups is 3. The van der Waals surface area contributed by atoms with E-state index in [-0.39, 0.29) is 29.2 Å². The van der Waals surface area contributed by atoms with Gasteiger partial charge in [0.15, 0.2) is 0 Å². The molecule has 11 nitrogen and oxygen atoms in total. The molecule has 3 N–H and O–H groups in total. The summed E-state index contributed by atoms with van der Waals surface area (Å²) in [6, 6.07) is 6.25. The third-order valence-electron chi connectivity index (χ3n) is 8.41. The van der Waals surface area contributed by atoms with E-state index in [9.17, 15) is 19.5 Å². The molecule has 4 saturated heterocycles. The van der Waals surface area contributed by atoms with Crippen molar-refractivity contribution in [1.29, 1.82) is 0 Å². The molecule has 0 saturated carbocycles. The minimum atomic E-state index is -1.10. The number of nitrogens with zero attached hydrogens (tertiary/aromatic N) is 2. The van der Waals surface area contributed by atoms with Gasteiger partial charge in [-0.15, -0.1) is 0 Å². The lowest BCUT2D eigenvalue weighted by Gasteiger charge is -2.34. The van der Waals surface area contributed by atoms with Crippen LogP contribution in [-0.4, -0.2) is 114 Å². The second-order valence-electron chi connectivity index (χ2n) is 10.8. The Morgan fingerprint density at radius 2 is 1.90 bits per heavy atom. The third kappa shape index (κ3) is 5.61. The van der Waals surface area contributed by atoms with Crippen LogP contribution in [0, 0.1) is 11.8 Å². The fourth-order valence-electron chi connectivity index (χ4n) is 6.65. The van der Waals surface area contributed by atoms with Gasteiger partial charge in [0.05, 0.1) is 37.8 Å². The van der Waals surface area contributed by atoms with E-state index in [1.807, 2.05) is 6.92 Å². The lowest BCUT2D eigenvalue weighted by molar-refractivity contribution is -0.141. The van der Waals surface area contributed by atoms with E-state index >= 15 is 0 Å². The Kier molecular flexibility index (Phi) is 9.31. The number of likely N-dealkylation sites (tertiary alicyclic amines) is 1. The monoisotopic (exact) mass is 622 g/mol. The average molecular weight is 624 g/mol. The normalized spacial score (nSPS) is 31.3. The van der Waals surface area contributed by atoms with Crippen LogP contribution in [0.2, 0.25) is 0 Å². The van der Waals surface area contributed by atoms with Gasteiger partial charge >= 0.3 is 0 Å². The van der Waals surface area contributed by atoms with Crippen molar-refractivity contribution in [2.45, 2.75) is 48.8 Å². The van der Waals surface area contributed by atoms with Gasteiger partial charge in [0.25, 0.3) is 0 Å². The first-order chi connectivity index (χ1) is 19.4. The summed E-state index contributed by atoms with van der Waals surface area (Å²) in [7, 11) is 0. The van der Waals surface area contributed by atoms with Gasteiger partial charge in [-0.1, -0.05) is 15.9 Å². The lowest BCUT2D eigenvalue weighted by Crippen LogP contribution is -2.56. The Bertz CT molecular complexity index is 1070. The minimum Gasteiger partial charge on any atom is -0.494 e. The molecule has 1 aromatic carbocycles. The van der Waals surface area contributed by atoms with Crippen molar-refractivity contribution in [2.75, 3.05) is 64.5 Å². The number of carbonyl (C=O) groups excluding carboxylic acids is 3. The number of hydrogen-bond acceptors (Lipinski definition) is 8. The van der Waals surface area contributed by atoms with Crippen molar-refractivity contribution in [1.82, 2.24) is 15.1 Å². The maximum atomic E-state index is 14.0. The topological polar surface area (TPSA) is 130 Å². The zero-order chi connectivity index (χ0) is 28.3. The summed E-state index contributed by atoms with van der Waals surface area (Å²) in [5.74, 6) is -1.61. The van der Waals surface area contributed by atoms with Crippen molar-refractivity contribution in [3.05, 3.63) is 24.3 Å². The molecule has 1 aromatic rings. The zero-order valence-corrected chi connectivity index (χ0v) is 24.4. The van der Waals surface area contributed by atoms with E-state index in [4.69, 9.17) is 14.2 Å². The first-order valence-electron chi connectivity index (χ1n) is 14.2. The van der Waals surface area contributed by atoms with Crippen LogP contribution in [0.15, 0.2) is 24.3 Å². The molecule has 6 atom stereocenters. The van der Waals surface area contributed by atoms with Crippen molar-refractivity contribution in [2.24, 2.45) is 11.8 Å². The number of aliphatic hydroxyl groups excluding tert-OH is 1. The molecule has 40 heavy (non-hydrogen) atoms. The fraction of sp³-hybridized carbons (Fsp3) is 0.679. The summed E-state index contributed by atoms with van der Waals surface area (Å²) in [5.41, 5.74) is -0.502. The summed E-state index contributed by atoms with van der Waals surface area (Å²) >= 11 is 3.70. The number of rotatable bonds is 12. The summed E-state index contributed by atoms with van der Waals surface area (Å²) in [5, 5.41) is 15.3. The number of aliphatic hydroxyl groups is 1. The predicted molar refractivity (Wildman–Crippen MR) is 150 cm³/mol. The highest BCUT2D eigenvalue weighted by molar-refractivity contribution is 9.09. The lowest BCUT2D eigenvalue weighted by atomic mass is 9.70. The van der Waals surface area contributed by atoms with Crippen LogP contribution in [0.1, 0.15) is 26.2 Å². The Morgan fingerprint density at radius 3 is 2.60 bits per heavy atom. The predicted octanol–water partition coefficient (Wildman–Crippen LogP) is 0.993. The minimum absolute atomic E-state index is 0.00216. The molecule has 0 radical (unpaired) electrons. The number of nitrogens with one attached hydrogen (secondary N) is 2. The van der Waals surface area contributed by atoms with Crippen LogP contribution in [-0.2, 0) is 23.9 Å². The van der Waals surface area contributed by atoms with E-state index in [0.29, 0.717) is 70.2 Å². The molecule has 220 valence electrons. The number of ether oxygens (including phenoxy) is 3. The highest BCUT2D eigenvalue weighted by atomic mass is 79.9. The summed E-state index contributed by atoms with van der Waals surface area (Å²) in [6.45, 7) is 6.88. The first-order valence-corrected chi connectivity index (χ1v) is 15.2. The number of morpholine rings is 1.